The van der Waals surface area contributed by atoms with Gasteiger partial charge in [-0.3, -0.25) is 9.59 Å². The minimum absolute atomic E-state index is 0.00704. The molecule has 4 aliphatic rings. The zero-order chi connectivity index (χ0) is 25.0. The maximum Gasteiger partial charge on any atom is 0.573 e. The fraction of sp³-hybridized carbons (Fsp3) is 0.625. The largest absolute Gasteiger partial charge is 0.573 e. The number of alkyl halides is 3. The molecule has 2 aliphatic carbocycles. The predicted octanol–water partition coefficient (Wildman–Crippen LogP) is 2.74. The Balaban J connectivity index is 1.24. The van der Waals surface area contributed by atoms with Gasteiger partial charge < -0.3 is 25.2 Å². The van der Waals surface area contributed by atoms with Crippen molar-refractivity contribution < 1.29 is 32.3 Å². The van der Waals surface area contributed by atoms with Crippen LogP contribution in [0.3, 0.4) is 0 Å². The molecule has 1 unspecified atom stereocenters. The molecule has 4 fully saturated rings. The maximum absolute atomic E-state index is 13.2. The zero-order valence-corrected chi connectivity index (χ0v) is 19.4. The summed E-state index contributed by atoms with van der Waals surface area (Å²) in [6.45, 7) is 2.90. The van der Waals surface area contributed by atoms with Gasteiger partial charge in [-0.1, -0.05) is 12.1 Å². The number of rotatable bonds is 5. The van der Waals surface area contributed by atoms with Gasteiger partial charge in [-0.05, 0) is 43.4 Å². The van der Waals surface area contributed by atoms with Crippen LogP contribution in [0.15, 0.2) is 24.3 Å². The standard InChI is InChI=1S/C24H29F3N4O4/c1-14(32)31(16-4-5-16)17-9-23(10-21(33)28-12-23)13-30(11-17)22(34)29-20-8-19(20)15-2-6-18(7-3-15)35-24(25,26)27/h2-3,6-7,16-17,19-20H,4-5,8-13H2,1H3,(H,28,33)(H,29,34)/t17-,19-,20+,23?/m1/s1. The Morgan fingerprint density at radius 3 is 2.49 bits per heavy atom. The first-order chi connectivity index (χ1) is 16.5. The summed E-state index contributed by atoms with van der Waals surface area (Å²) in [5.41, 5.74) is 0.442. The molecule has 0 bridgehead atoms. The van der Waals surface area contributed by atoms with Crippen molar-refractivity contribution in [3.63, 3.8) is 0 Å². The van der Waals surface area contributed by atoms with E-state index >= 15 is 0 Å². The maximum atomic E-state index is 13.2. The number of urea groups is 1. The smallest absolute Gasteiger partial charge is 0.406 e. The second-order valence-electron chi connectivity index (χ2n) is 10.4. The molecule has 5 rings (SSSR count). The van der Waals surface area contributed by atoms with E-state index in [1.807, 2.05) is 4.90 Å². The highest BCUT2D eigenvalue weighted by Gasteiger charge is 2.50. The summed E-state index contributed by atoms with van der Waals surface area (Å²) in [6.07, 6.45) is -1.11. The normalized spacial score (nSPS) is 30.1. The van der Waals surface area contributed by atoms with Crippen LogP contribution >= 0.6 is 0 Å². The third-order valence-corrected chi connectivity index (χ3v) is 7.45. The summed E-state index contributed by atoms with van der Waals surface area (Å²) >= 11 is 0. The molecule has 190 valence electrons. The third kappa shape index (κ3) is 5.33. The van der Waals surface area contributed by atoms with Crippen LogP contribution < -0.4 is 15.4 Å². The molecule has 11 heteroatoms. The highest BCUT2D eigenvalue weighted by atomic mass is 19.4. The van der Waals surface area contributed by atoms with E-state index in [4.69, 9.17) is 0 Å². The Morgan fingerprint density at radius 1 is 1.20 bits per heavy atom. The van der Waals surface area contributed by atoms with Crippen LogP contribution in [0.25, 0.3) is 0 Å². The monoisotopic (exact) mass is 494 g/mol. The number of hydrogen-bond donors (Lipinski definition) is 2. The van der Waals surface area contributed by atoms with Crippen LogP contribution in [0.2, 0.25) is 0 Å². The van der Waals surface area contributed by atoms with Crippen molar-refractivity contribution in [3.8, 4) is 5.75 Å². The first-order valence-electron chi connectivity index (χ1n) is 12.0. The Labute approximate surface area is 201 Å². The fourth-order valence-corrected chi connectivity index (χ4v) is 5.76. The molecular weight excluding hydrogens is 465 g/mol. The average molecular weight is 495 g/mol. The summed E-state index contributed by atoms with van der Waals surface area (Å²) in [7, 11) is 0. The minimum atomic E-state index is -4.74. The predicted molar refractivity (Wildman–Crippen MR) is 118 cm³/mol. The fourth-order valence-electron chi connectivity index (χ4n) is 5.76. The molecule has 1 aromatic rings. The third-order valence-electron chi connectivity index (χ3n) is 7.45. The molecule has 0 radical (unpaired) electrons. The lowest BCUT2D eigenvalue weighted by molar-refractivity contribution is -0.274. The minimum Gasteiger partial charge on any atom is -0.406 e. The first-order valence-corrected chi connectivity index (χ1v) is 12.0. The number of halogens is 3. The number of carbonyl (C=O) groups excluding carboxylic acids is 3. The van der Waals surface area contributed by atoms with Crippen molar-refractivity contribution in [1.29, 1.82) is 0 Å². The van der Waals surface area contributed by atoms with Gasteiger partial charge in [0.2, 0.25) is 11.8 Å². The highest BCUT2D eigenvalue weighted by Crippen LogP contribution is 2.43. The van der Waals surface area contributed by atoms with E-state index in [0.29, 0.717) is 38.9 Å². The molecule has 1 aromatic carbocycles. The Morgan fingerprint density at radius 2 is 1.91 bits per heavy atom. The van der Waals surface area contributed by atoms with E-state index in [2.05, 4.69) is 15.4 Å². The summed E-state index contributed by atoms with van der Waals surface area (Å²) in [6, 6.07) is 5.43. The summed E-state index contributed by atoms with van der Waals surface area (Å²) in [5.74, 6) is -0.305. The van der Waals surface area contributed by atoms with Gasteiger partial charge in [0.1, 0.15) is 5.75 Å². The van der Waals surface area contributed by atoms with Crippen molar-refractivity contribution in [3.05, 3.63) is 29.8 Å². The molecule has 0 aromatic heterocycles. The van der Waals surface area contributed by atoms with Gasteiger partial charge in [-0.15, -0.1) is 13.2 Å². The van der Waals surface area contributed by atoms with Crippen molar-refractivity contribution in [2.24, 2.45) is 5.41 Å². The number of benzene rings is 1. The van der Waals surface area contributed by atoms with Crippen molar-refractivity contribution in [2.45, 2.75) is 69.4 Å². The number of amides is 4. The van der Waals surface area contributed by atoms with Gasteiger partial charge in [-0.2, -0.15) is 0 Å². The van der Waals surface area contributed by atoms with Crippen LogP contribution in [-0.2, 0) is 9.59 Å². The molecule has 2 heterocycles. The molecule has 1 spiro atoms. The summed E-state index contributed by atoms with van der Waals surface area (Å²) < 4.78 is 41.0. The van der Waals surface area contributed by atoms with Crippen LogP contribution in [0, 0.1) is 5.41 Å². The van der Waals surface area contributed by atoms with Crippen molar-refractivity contribution >= 4 is 17.8 Å². The van der Waals surface area contributed by atoms with Crippen LogP contribution in [-0.4, -0.2) is 71.8 Å². The highest BCUT2D eigenvalue weighted by molar-refractivity contribution is 5.80. The summed E-state index contributed by atoms with van der Waals surface area (Å²) in [4.78, 5) is 41.3. The van der Waals surface area contributed by atoms with E-state index in [0.717, 1.165) is 18.4 Å². The number of nitrogens with one attached hydrogen (secondary N) is 2. The molecule has 8 nitrogen and oxygen atoms in total. The second-order valence-corrected chi connectivity index (χ2v) is 10.4. The quantitative estimate of drug-likeness (QED) is 0.659. The van der Waals surface area contributed by atoms with Gasteiger partial charge >= 0.3 is 12.4 Å². The number of piperidine rings is 1. The van der Waals surface area contributed by atoms with E-state index in [9.17, 15) is 27.6 Å². The average Bonchev–Trinajstić information content (AvgIpc) is 3.68. The van der Waals surface area contributed by atoms with Gasteiger partial charge in [0.15, 0.2) is 0 Å². The lowest BCUT2D eigenvalue weighted by Crippen LogP contribution is -2.60. The van der Waals surface area contributed by atoms with Crippen LogP contribution in [0.1, 0.15) is 50.5 Å². The van der Waals surface area contributed by atoms with Crippen LogP contribution in [0.4, 0.5) is 18.0 Å². The summed E-state index contributed by atoms with van der Waals surface area (Å²) in [5, 5.41) is 5.94. The molecule has 2 saturated heterocycles. The number of carbonyl (C=O) groups is 3. The van der Waals surface area contributed by atoms with E-state index in [1.54, 1.807) is 24.0 Å². The topological polar surface area (TPSA) is 91.0 Å². The number of nitrogens with zero attached hydrogens (tertiary/aromatic N) is 2. The number of likely N-dealkylation sites (tertiary alicyclic amines) is 1. The number of ether oxygens (including phenoxy) is 1. The molecule has 4 atom stereocenters. The molecule has 35 heavy (non-hydrogen) atoms. The molecule has 2 N–H and O–H groups in total. The molecule has 2 aliphatic heterocycles. The molecule has 2 saturated carbocycles. The van der Waals surface area contributed by atoms with Gasteiger partial charge in [0.05, 0.1) is 6.04 Å². The van der Waals surface area contributed by atoms with Crippen LogP contribution in [0.5, 0.6) is 5.75 Å². The van der Waals surface area contributed by atoms with Crippen molar-refractivity contribution in [1.82, 2.24) is 20.4 Å². The zero-order valence-electron chi connectivity index (χ0n) is 19.4. The Kier molecular flexibility index (Phi) is 5.83. The Bertz CT molecular complexity index is 1010. The van der Waals surface area contributed by atoms with Gasteiger partial charge in [0.25, 0.3) is 0 Å². The first kappa shape index (κ1) is 23.7. The SMILES string of the molecule is CC(=O)N(C1CC1)[C@H]1CN(C(=O)N[C@H]2C[C@@H]2c2ccc(OC(F)(F)F)cc2)CC2(CNC(=O)C2)C1. The molecular formula is C24H29F3N4O4. The lowest BCUT2D eigenvalue weighted by atomic mass is 9.76. The van der Waals surface area contributed by atoms with E-state index in [-0.39, 0.29) is 47.6 Å². The van der Waals surface area contributed by atoms with E-state index in [1.165, 1.54) is 12.1 Å². The van der Waals surface area contributed by atoms with Gasteiger partial charge in [-0.25, -0.2) is 4.79 Å². The Hall–Kier alpha value is -2.98. The molecule has 4 amide bonds. The number of hydrogen-bond acceptors (Lipinski definition) is 4. The van der Waals surface area contributed by atoms with E-state index < -0.39 is 11.8 Å². The van der Waals surface area contributed by atoms with Crippen molar-refractivity contribution in [2.75, 3.05) is 19.6 Å². The lowest BCUT2D eigenvalue weighted by Gasteiger charge is -2.47. The van der Waals surface area contributed by atoms with Gasteiger partial charge in [0, 0.05) is 56.4 Å². The second kappa shape index (κ2) is 8.60.